The van der Waals surface area contributed by atoms with Crippen molar-refractivity contribution in [3.05, 3.63) is 65.2 Å². The fourth-order valence-corrected chi connectivity index (χ4v) is 3.15. The van der Waals surface area contributed by atoms with Crippen molar-refractivity contribution < 1.29 is 9.90 Å². The van der Waals surface area contributed by atoms with Gasteiger partial charge >= 0.3 is 5.97 Å². The molecule has 1 aliphatic rings. The number of benzene rings is 2. The number of hydrogen-bond donors (Lipinski definition) is 3. The van der Waals surface area contributed by atoms with Gasteiger partial charge in [-0.15, -0.1) is 0 Å². The lowest BCUT2D eigenvalue weighted by Crippen LogP contribution is -2.52. The molecule has 4 N–H and O–H groups in total. The Bertz CT molecular complexity index is 838. The Morgan fingerprint density at radius 2 is 1.84 bits per heavy atom. The molecule has 0 radical (unpaired) electrons. The van der Waals surface area contributed by atoms with Gasteiger partial charge in [0.1, 0.15) is 5.66 Å². The molecular formula is C20H23N3O2. The van der Waals surface area contributed by atoms with Crippen LogP contribution in [0.5, 0.6) is 0 Å². The zero-order chi connectivity index (χ0) is 18.2. The lowest BCUT2D eigenvalue weighted by molar-refractivity contribution is -0.129. The number of fused-ring (bicyclic) bond motifs is 1. The first-order chi connectivity index (χ1) is 11.7. The summed E-state index contributed by atoms with van der Waals surface area (Å²) in [6, 6.07) is 15.9. The number of carbonyl (C=O) groups is 1. The number of rotatable bonds is 3. The zero-order valence-corrected chi connectivity index (χ0v) is 14.7. The van der Waals surface area contributed by atoms with Crippen LogP contribution in [0.1, 0.15) is 37.5 Å². The number of hydrogen-bond acceptors (Lipinski definition) is 4. The summed E-state index contributed by atoms with van der Waals surface area (Å²) in [4.78, 5) is 15.9. The van der Waals surface area contributed by atoms with E-state index in [0.29, 0.717) is 12.1 Å². The molecule has 0 amide bonds. The predicted octanol–water partition coefficient (Wildman–Crippen LogP) is 3.34. The molecular weight excluding hydrogens is 314 g/mol. The Morgan fingerprint density at radius 1 is 1.16 bits per heavy atom. The molecule has 0 bridgehead atoms. The molecule has 5 heteroatoms. The van der Waals surface area contributed by atoms with Gasteiger partial charge in [0.05, 0.1) is 0 Å². The fraction of sp³-hybridized carbons (Fsp3) is 0.300. The van der Waals surface area contributed by atoms with Crippen molar-refractivity contribution in [1.29, 1.82) is 0 Å². The number of carboxylic acids is 1. The molecule has 0 aromatic heterocycles. The van der Waals surface area contributed by atoms with Crippen molar-refractivity contribution in [3.8, 4) is 0 Å². The largest absolute Gasteiger partial charge is 0.475 e. The van der Waals surface area contributed by atoms with Crippen molar-refractivity contribution in [2.75, 3.05) is 5.32 Å². The maximum atomic E-state index is 11.5. The van der Waals surface area contributed by atoms with Gasteiger partial charge < -0.3 is 16.2 Å². The third kappa shape index (κ3) is 3.03. The van der Waals surface area contributed by atoms with Gasteiger partial charge in [-0.25, -0.2) is 9.79 Å². The van der Waals surface area contributed by atoms with Gasteiger partial charge in [0, 0.05) is 16.7 Å². The second-order valence-electron chi connectivity index (χ2n) is 7.41. The lowest BCUT2D eigenvalue weighted by Gasteiger charge is -2.43. The van der Waals surface area contributed by atoms with Gasteiger partial charge in [-0.3, -0.25) is 0 Å². The molecule has 0 spiro atoms. The molecule has 1 aliphatic heterocycles. The Morgan fingerprint density at radius 3 is 2.44 bits per heavy atom. The number of nitrogens with one attached hydrogen (secondary N) is 1. The first kappa shape index (κ1) is 17.2. The molecule has 25 heavy (non-hydrogen) atoms. The van der Waals surface area contributed by atoms with Crippen LogP contribution in [0.2, 0.25) is 0 Å². The van der Waals surface area contributed by atoms with E-state index in [0.717, 1.165) is 11.1 Å². The molecule has 0 aliphatic carbocycles. The summed E-state index contributed by atoms with van der Waals surface area (Å²) < 4.78 is 0. The SMILES string of the molecule is CC(C)(C)C1(N)N=C(C(=O)O)Nc2cccc(Cc3ccccc3)c21. The Kier molecular flexibility index (Phi) is 4.13. The molecule has 0 saturated carbocycles. The topological polar surface area (TPSA) is 87.7 Å². The normalized spacial score (nSPS) is 19.6. The molecule has 0 fully saturated rings. The number of aliphatic carboxylic acids is 1. The molecule has 0 saturated heterocycles. The van der Waals surface area contributed by atoms with Crippen molar-refractivity contribution in [2.24, 2.45) is 16.1 Å². The Balaban J connectivity index is 2.18. The highest BCUT2D eigenvalue weighted by atomic mass is 16.4. The second kappa shape index (κ2) is 6.01. The van der Waals surface area contributed by atoms with Gasteiger partial charge in [-0.2, -0.15) is 0 Å². The lowest BCUT2D eigenvalue weighted by atomic mass is 9.73. The summed E-state index contributed by atoms with van der Waals surface area (Å²) in [5.41, 5.74) is 8.92. The molecule has 2 aromatic carbocycles. The van der Waals surface area contributed by atoms with Gasteiger partial charge in [-0.05, 0) is 23.6 Å². The van der Waals surface area contributed by atoms with Crippen LogP contribution in [0, 0.1) is 5.41 Å². The van der Waals surface area contributed by atoms with Crippen LogP contribution in [0.4, 0.5) is 5.69 Å². The number of aliphatic imine (C=N–C) groups is 1. The highest BCUT2D eigenvalue weighted by Crippen LogP contribution is 2.45. The van der Waals surface area contributed by atoms with Crippen molar-refractivity contribution in [2.45, 2.75) is 32.9 Å². The molecule has 3 rings (SSSR count). The van der Waals surface area contributed by atoms with Crippen LogP contribution in [-0.2, 0) is 16.9 Å². The van der Waals surface area contributed by atoms with Gasteiger partial charge in [0.15, 0.2) is 0 Å². The molecule has 5 nitrogen and oxygen atoms in total. The molecule has 130 valence electrons. The van der Waals surface area contributed by atoms with Crippen LogP contribution < -0.4 is 11.1 Å². The third-order valence-corrected chi connectivity index (χ3v) is 4.66. The number of amidine groups is 1. The summed E-state index contributed by atoms with van der Waals surface area (Å²) in [6.45, 7) is 5.93. The van der Waals surface area contributed by atoms with E-state index >= 15 is 0 Å². The first-order valence-corrected chi connectivity index (χ1v) is 8.28. The average molecular weight is 337 g/mol. The van der Waals surface area contributed by atoms with Crippen LogP contribution in [0.25, 0.3) is 0 Å². The van der Waals surface area contributed by atoms with Gasteiger partial charge in [0.2, 0.25) is 5.84 Å². The van der Waals surface area contributed by atoms with E-state index in [2.05, 4.69) is 22.4 Å². The van der Waals surface area contributed by atoms with Crippen molar-refractivity contribution in [3.63, 3.8) is 0 Å². The van der Waals surface area contributed by atoms with Crippen LogP contribution in [0.15, 0.2) is 53.5 Å². The predicted molar refractivity (Wildman–Crippen MR) is 99.7 cm³/mol. The van der Waals surface area contributed by atoms with Crippen molar-refractivity contribution >= 4 is 17.5 Å². The van der Waals surface area contributed by atoms with E-state index in [1.165, 1.54) is 5.56 Å². The summed E-state index contributed by atoms with van der Waals surface area (Å²) in [7, 11) is 0. The maximum absolute atomic E-state index is 11.5. The van der Waals surface area contributed by atoms with Crippen LogP contribution >= 0.6 is 0 Å². The van der Waals surface area contributed by atoms with E-state index in [-0.39, 0.29) is 5.84 Å². The number of anilines is 1. The smallest absolute Gasteiger partial charge is 0.371 e. The maximum Gasteiger partial charge on any atom is 0.371 e. The Labute approximate surface area is 147 Å². The zero-order valence-electron chi connectivity index (χ0n) is 14.7. The number of carboxylic acid groups (broad SMARTS) is 1. The Hall–Kier alpha value is -2.66. The van der Waals surface area contributed by atoms with Crippen LogP contribution in [-0.4, -0.2) is 16.9 Å². The van der Waals surface area contributed by atoms with Crippen molar-refractivity contribution in [1.82, 2.24) is 0 Å². The summed E-state index contributed by atoms with van der Waals surface area (Å²) >= 11 is 0. The summed E-state index contributed by atoms with van der Waals surface area (Å²) in [5, 5.41) is 12.3. The fourth-order valence-electron chi connectivity index (χ4n) is 3.15. The quantitative estimate of drug-likeness (QED) is 0.801. The van der Waals surface area contributed by atoms with E-state index in [9.17, 15) is 9.90 Å². The molecule has 2 aromatic rings. The molecule has 1 unspecified atom stereocenters. The average Bonchev–Trinajstić information content (AvgIpc) is 2.54. The van der Waals surface area contributed by atoms with Crippen LogP contribution in [0.3, 0.4) is 0 Å². The highest BCUT2D eigenvalue weighted by molar-refractivity contribution is 6.40. The van der Waals surface area contributed by atoms with E-state index in [1.54, 1.807) is 0 Å². The summed E-state index contributed by atoms with van der Waals surface area (Å²) in [5.74, 6) is -1.24. The highest BCUT2D eigenvalue weighted by Gasteiger charge is 2.46. The second-order valence-corrected chi connectivity index (χ2v) is 7.41. The standard InChI is InChI=1S/C20H23N3O2/c1-19(2,3)20(21)16-14(12-13-8-5-4-6-9-13)10-7-11-15(16)22-17(23-20)18(24)25/h4-11H,12,21H2,1-3H3,(H,22,23)(H,24,25). The van der Waals surface area contributed by atoms with E-state index in [1.807, 2.05) is 57.2 Å². The van der Waals surface area contributed by atoms with Gasteiger partial charge in [0.25, 0.3) is 0 Å². The minimum Gasteiger partial charge on any atom is -0.475 e. The third-order valence-electron chi connectivity index (χ3n) is 4.66. The molecule has 1 atom stereocenters. The number of nitrogens with zero attached hydrogens (tertiary/aromatic N) is 1. The summed E-state index contributed by atoms with van der Waals surface area (Å²) in [6.07, 6.45) is 0.707. The molecule has 1 heterocycles. The number of nitrogens with two attached hydrogens (primary N) is 1. The van der Waals surface area contributed by atoms with Gasteiger partial charge in [-0.1, -0.05) is 63.2 Å². The van der Waals surface area contributed by atoms with E-state index < -0.39 is 17.0 Å². The monoisotopic (exact) mass is 337 g/mol. The minimum atomic E-state index is -1.13. The van der Waals surface area contributed by atoms with E-state index in [4.69, 9.17) is 5.73 Å². The first-order valence-electron chi connectivity index (χ1n) is 8.28. The minimum absolute atomic E-state index is 0.123.